The normalized spacial score (nSPS) is 21.9. The number of amides is 1. The second-order valence-electron chi connectivity index (χ2n) is 9.49. The molecular weight excluding hydrogens is 450 g/mol. The van der Waals surface area contributed by atoms with E-state index in [0.29, 0.717) is 6.42 Å². The van der Waals surface area contributed by atoms with Gasteiger partial charge >= 0.3 is 0 Å². The molecule has 1 fully saturated rings. The molecule has 10 heteroatoms. The van der Waals surface area contributed by atoms with Gasteiger partial charge in [0.25, 0.3) is 0 Å². The van der Waals surface area contributed by atoms with E-state index in [0.717, 1.165) is 12.1 Å². The fourth-order valence-corrected chi connectivity index (χ4v) is 5.22. The number of likely N-dealkylation sites (tertiary alicyclic amines) is 1. The first-order valence-electron chi connectivity index (χ1n) is 11.1. The van der Waals surface area contributed by atoms with Gasteiger partial charge in [-0.25, -0.2) is 21.9 Å². The van der Waals surface area contributed by atoms with Crippen molar-refractivity contribution >= 4 is 15.9 Å². The molecule has 7 nitrogen and oxygen atoms in total. The number of carbonyl (C=O) groups excluding carboxylic acids is 1. The van der Waals surface area contributed by atoms with Crippen molar-refractivity contribution in [2.24, 2.45) is 11.3 Å². The Kier molecular flexibility index (Phi) is 8.60. The Morgan fingerprint density at radius 2 is 1.91 bits per heavy atom. The van der Waals surface area contributed by atoms with Gasteiger partial charge < -0.3 is 10.2 Å². The largest absolute Gasteiger partial charge is 0.323 e. The van der Waals surface area contributed by atoms with Crippen LogP contribution >= 0.6 is 0 Å². The zero-order valence-corrected chi connectivity index (χ0v) is 20.7. The van der Waals surface area contributed by atoms with Gasteiger partial charge in [0.15, 0.2) is 0 Å². The van der Waals surface area contributed by atoms with Crippen molar-refractivity contribution < 1.29 is 22.0 Å². The Labute approximate surface area is 195 Å². The van der Waals surface area contributed by atoms with E-state index in [-0.39, 0.29) is 42.8 Å². The number of nitrogens with zero attached hydrogens (tertiary/aromatic N) is 2. The number of halogens is 2. The van der Waals surface area contributed by atoms with E-state index in [1.54, 1.807) is 0 Å². The van der Waals surface area contributed by atoms with Crippen LogP contribution in [-0.2, 0) is 14.8 Å². The SMILES string of the molecule is CC[C@](C)(NCC(=O)N1C[C@@H](F)C[C@H]1C#N)C(C)(C)[C@@H](C)CNS(=O)(=O)c1ccc(F)cc1. The molecule has 33 heavy (non-hydrogen) atoms. The van der Waals surface area contributed by atoms with Crippen LogP contribution in [0, 0.1) is 28.5 Å². The fraction of sp³-hybridized carbons (Fsp3) is 0.652. The van der Waals surface area contributed by atoms with E-state index in [1.807, 2.05) is 40.7 Å². The van der Waals surface area contributed by atoms with Crippen LogP contribution in [0.5, 0.6) is 0 Å². The van der Waals surface area contributed by atoms with Crippen molar-refractivity contribution in [2.75, 3.05) is 19.6 Å². The topological polar surface area (TPSA) is 102 Å². The lowest BCUT2D eigenvalue weighted by Gasteiger charge is -2.48. The van der Waals surface area contributed by atoms with Crippen LogP contribution in [0.25, 0.3) is 0 Å². The summed E-state index contributed by atoms with van der Waals surface area (Å²) >= 11 is 0. The van der Waals surface area contributed by atoms with E-state index in [2.05, 4.69) is 10.0 Å². The third-order valence-corrected chi connectivity index (χ3v) is 8.85. The Hall–Kier alpha value is -2.09. The first-order valence-corrected chi connectivity index (χ1v) is 12.6. The summed E-state index contributed by atoms with van der Waals surface area (Å²) in [7, 11) is -3.80. The smallest absolute Gasteiger partial charge is 0.240 e. The number of nitriles is 1. The highest BCUT2D eigenvalue weighted by molar-refractivity contribution is 7.89. The molecule has 1 heterocycles. The highest BCUT2D eigenvalue weighted by Crippen LogP contribution is 2.40. The Bertz CT molecular complexity index is 978. The molecule has 1 aromatic rings. The van der Waals surface area contributed by atoms with Gasteiger partial charge in [-0.15, -0.1) is 0 Å². The monoisotopic (exact) mass is 484 g/mol. The molecule has 1 aliphatic rings. The predicted octanol–water partition coefficient (Wildman–Crippen LogP) is 2.99. The summed E-state index contributed by atoms with van der Waals surface area (Å²) < 4.78 is 54.6. The van der Waals surface area contributed by atoms with Crippen LogP contribution in [0.15, 0.2) is 29.2 Å². The highest BCUT2D eigenvalue weighted by atomic mass is 32.2. The van der Waals surface area contributed by atoms with Crippen molar-refractivity contribution in [3.63, 3.8) is 0 Å². The van der Waals surface area contributed by atoms with Crippen LogP contribution in [0.3, 0.4) is 0 Å². The molecule has 2 N–H and O–H groups in total. The fourth-order valence-electron chi connectivity index (χ4n) is 4.09. The van der Waals surface area contributed by atoms with Gasteiger partial charge in [0.1, 0.15) is 18.0 Å². The van der Waals surface area contributed by atoms with E-state index < -0.39 is 39.0 Å². The first kappa shape index (κ1) is 27.2. The van der Waals surface area contributed by atoms with Crippen molar-refractivity contribution in [2.45, 2.75) is 70.1 Å². The average molecular weight is 485 g/mol. The molecular formula is C23H34F2N4O3S. The Morgan fingerprint density at radius 3 is 2.45 bits per heavy atom. The van der Waals surface area contributed by atoms with E-state index in [1.165, 1.54) is 17.0 Å². The Balaban J connectivity index is 2.05. The minimum atomic E-state index is -3.80. The summed E-state index contributed by atoms with van der Waals surface area (Å²) in [5.74, 6) is -0.990. The summed E-state index contributed by atoms with van der Waals surface area (Å²) in [6, 6.07) is 5.85. The summed E-state index contributed by atoms with van der Waals surface area (Å²) in [6.45, 7) is 9.87. The molecule has 0 spiro atoms. The number of carbonyl (C=O) groups is 1. The van der Waals surface area contributed by atoms with Gasteiger partial charge in [-0.05, 0) is 48.9 Å². The van der Waals surface area contributed by atoms with Gasteiger partial charge in [0.05, 0.1) is 24.1 Å². The van der Waals surface area contributed by atoms with Crippen LogP contribution in [0.1, 0.15) is 47.5 Å². The quantitative estimate of drug-likeness (QED) is 0.532. The molecule has 0 aromatic heterocycles. The third-order valence-electron chi connectivity index (χ3n) is 7.41. The molecule has 2 rings (SSSR count). The minimum Gasteiger partial charge on any atom is -0.323 e. The average Bonchev–Trinajstić information content (AvgIpc) is 3.16. The maximum Gasteiger partial charge on any atom is 0.240 e. The van der Waals surface area contributed by atoms with Gasteiger partial charge in [0, 0.05) is 18.5 Å². The number of benzene rings is 1. The standard InChI is InChI=1S/C23H34F2N4O3S/c1-6-23(5,27-14-21(30)29-15-18(25)11-19(29)12-26)22(3,4)16(2)13-28-33(31,32)20-9-7-17(24)8-10-20/h7-10,16,18-19,27-28H,6,11,13-15H2,1-5H3/t16-,18-,19-,23-/m0/s1. The lowest BCUT2D eigenvalue weighted by molar-refractivity contribution is -0.131. The third kappa shape index (κ3) is 6.08. The van der Waals surface area contributed by atoms with Crippen LogP contribution in [0.4, 0.5) is 8.78 Å². The van der Waals surface area contributed by atoms with E-state index in [9.17, 15) is 27.3 Å². The number of alkyl halides is 1. The van der Waals surface area contributed by atoms with Crippen LogP contribution in [0.2, 0.25) is 0 Å². The summed E-state index contributed by atoms with van der Waals surface area (Å²) in [5.41, 5.74) is -1.02. The second kappa shape index (κ2) is 10.5. The van der Waals surface area contributed by atoms with Gasteiger partial charge in [-0.1, -0.05) is 27.7 Å². The molecule has 1 saturated heterocycles. The Morgan fingerprint density at radius 1 is 1.30 bits per heavy atom. The molecule has 1 aromatic carbocycles. The van der Waals surface area contributed by atoms with E-state index in [4.69, 9.17) is 0 Å². The van der Waals surface area contributed by atoms with Crippen molar-refractivity contribution in [1.82, 2.24) is 14.9 Å². The molecule has 4 atom stereocenters. The molecule has 0 radical (unpaired) electrons. The molecule has 0 bridgehead atoms. The van der Waals surface area contributed by atoms with Gasteiger partial charge in [0.2, 0.25) is 15.9 Å². The summed E-state index contributed by atoms with van der Waals surface area (Å²) in [6.07, 6.45) is -0.513. The predicted molar refractivity (Wildman–Crippen MR) is 122 cm³/mol. The van der Waals surface area contributed by atoms with Crippen LogP contribution in [-0.4, -0.2) is 56.6 Å². The highest BCUT2D eigenvalue weighted by Gasteiger charge is 2.44. The van der Waals surface area contributed by atoms with E-state index >= 15 is 0 Å². The van der Waals surface area contributed by atoms with Crippen molar-refractivity contribution in [1.29, 1.82) is 5.26 Å². The molecule has 184 valence electrons. The lowest BCUT2D eigenvalue weighted by atomic mass is 9.64. The summed E-state index contributed by atoms with van der Waals surface area (Å²) in [5, 5.41) is 12.5. The molecule has 0 aliphatic carbocycles. The number of hydrogen-bond donors (Lipinski definition) is 2. The van der Waals surface area contributed by atoms with Crippen molar-refractivity contribution in [3.05, 3.63) is 30.1 Å². The van der Waals surface area contributed by atoms with Crippen LogP contribution < -0.4 is 10.0 Å². The maximum absolute atomic E-state index is 13.7. The number of sulfonamides is 1. The number of nitrogens with one attached hydrogen (secondary N) is 2. The summed E-state index contributed by atoms with van der Waals surface area (Å²) in [4.78, 5) is 13.9. The maximum atomic E-state index is 13.7. The van der Waals surface area contributed by atoms with Gasteiger partial charge in [-0.2, -0.15) is 5.26 Å². The second-order valence-corrected chi connectivity index (χ2v) is 11.3. The molecule has 1 aliphatic heterocycles. The zero-order valence-electron chi connectivity index (χ0n) is 19.9. The minimum absolute atomic E-state index is 0.0142. The molecule has 0 unspecified atom stereocenters. The van der Waals surface area contributed by atoms with Gasteiger partial charge in [-0.3, -0.25) is 4.79 Å². The lowest BCUT2D eigenvalue weighted by Crippen LogP contribution is -2.59. The first-order chi connectivity index (χ1) is 15.3. The van der Waals surface area contributed by atoms with Crippen molar-refractivity contribution in [3.8, 4) is 6.07 Å². The number of hydrogen-bond acceptors (Lipinski definition) is 5. The molecule has 0 saturated carbocycles. The molecule has 1 amide bonds. The zero-order chi connectivity index (χ0) is 25.0. The number of rotatable bonds is 10.